The number of ether oxygens (including phenoxy) is 2. The van der Waals surface area contributed by atoms with Gasteiger partial charge in [0, 0.05) is 12.0 Å². The summed E-state index contributed by atoms with van der Waals surface area (Å²) in [5.41, 5.74) is 0.146. The first-order valence-corrected chi connectivity index (χ1v) is 10.7. The Morgan fingerprint density at radius 1 is 0.703 bits per heavy atom. The molecule has 0 atom stereocenters. The van der Waals surface area contributed by atoms with Crippen molar-refractivity contribution in [2.24, 2.45) is 0 Å². The maximum atomic E-state index is 14.4. The summed E-state index contributed by atoms with van der Waals surface area (Å²) >= 11 is 0. The molecule has 0 aliphatic carbocycles. The lowest BCUT2D eigenvalue weighted by atomic mass is 9.99. The SMILES string of the molecule is C=CCCOc1ccc(-c2ccc(OCCCCC(F)(F)C(F)(F)C(F)(F)C(F)(F)F)cc2)c(F)c1F. The van der Waals surface area contributed by atoms with Crippen molar-refractivity contribution in [3.05, 3.63) is 60.7 Å². The summed E-state index contributed by atoms with van der Waals surface area (Å²) in [5, 5.41) is 0. The highest BCUT2D eigenvalue weighted by Gasteiger charge is 2.81. The number of alkyl halides is 9. The Labute approximate surface area is 204 Å². The molecule has 0 bridgehead atoms. The molecule has 0 aromatic heterocycles. The Kier molecular flexibility index (Phi) is 9.48. The van der Waals surface area contributed by atoms with E-state index >= 15 is 0 Å². The van der Waals surface area contributed by atoms with Gasteiger partial charge in [-0.1, -0.05) is 18.2 Å². The maximum absolute atomic E-state index is 14.4. The second-order valence-electron chi connectivity index (χ2n) is 7.85. The van der Waals surface area contributed by atoms with Gasteiger partial charge >= 0.3 is 23.9 Å². The van der Waals surface area contributed by atoms with E-state index in [-0.39, 0.29) is 42.3 Å². The summed E-state index contributed by atoms with van der Waals surface area (Å²) < 4.78 is 155. The van der Waals surface area contributed by atoms with Crippen LogP contribution in [0.3, 0.4) is 0 Å². The molecule has 0 aliphatic heterocycles. The molecule has 0 spiro atoms. The van der Waals surface area contributed by atoms with Crippen molar-refractivity contribution in [1.82, 2.24) is 0 Å². The van der Waals surface area contributed by atoms with E-state index in [0.717, 1.165) is 0 Å². The first kappa shape index (κ1) is 30.2. The van der Waals surface area contributed by atoms with Gasteiger partial charge in [0.15, 0.2) is 11.6 Å². The Balaban J connectivity index is 1.92. The smallest absolute Gasteiger partial charge is 0.460 e. The van der Waals surface area contributed by atoms with Crippen LogP contribution in [-0.4, -0.2) is 37.2 Å². The summed E-state index contributed by atoms with van der Waals surface area (Å²) in [6, 6.07) is 7.85. The van der Waals surface area contributed by atoms with Gasteiger partial charge in [-0.2, -0.15) is 43.9 Å². The third-order valence-electron chi connectivity index (χ3n) is 5.16. The fourth-order valence-corrected chi connectivity index (χ4v) is 3.05. The number of halogens is 11. The fraction of sp³-hybridized carbons (Fsp3) is 0.417. The monoisotopic (exact) mass is 550 g/mol. The average molecular weight is 550 g/mol. The lowest BCUT2D eigenvalue weighted by molar-refractivity contribution is -0.396. The number of hydrogen-bond acceptors (Lipinski definition) is 2. The quantitative estimate of drug-likeness (QED) is 0.141. The molecule has 0 fully saturated rings. The molecule has 0 N–H and O–H groups in total. The van der Waals surface area contributed by atoms with E-state index in [0.29, 0.717) is 6.42 Å². The minimum absolute atomic E-state index is 0.0982. The molecule has 13 heteroatoms. The predicted molar refractivity (Wildman–Crippen MR) is 112 cm³/mol. The largest absolute Gasteiger partial charge is 0.494 e. The van der Waals surface area contributed by atoms with Crippen molar-refractivity contribution in [2.75, 3.05) is 13.2 Å². The van der Waals surface area contributed by atoms with Gasteiger partial charge in [-0.05, 0) is 49.1 Å². The van der Waals surface area contributed by atoms with E-state index in [2.05, 4.69) is 6.58 Å². The molecule has 0 unspecified atom stereocenters. The normalized spacial score (nSPS) is 12.9. The van der Waals surface area contributed by atoms with Gasteiger partial charge in [0.2, 0.25) is 5.82 Å². The molecule has 2 aromatic rings. The van der Waals surface area contributed by atoms with Crippen LogP contribution in [0.15, 0.2) is 49.1 Å². The van der Waals surface area contributed by atoms with E-state index in [1.165, 1.54) is 36.4 Å². The third-order valence-corrected chi connectivity index (χ3v) is 5.16. The Bertz CT molecular complexity index is 1050. The molecule has 37 heavy (non-hydrogen) atoms. The Morgan fingerprint density at radius 3 is 1.89 bits per heavy atom. The first-order chi connectivity index (χ1) is 17.1. The lowest BCUT2D eigenvalue weighted by Gasteiger charge is -2.33. The zero-order valence-corrected chi connectivity index (χ0v) is 19.0. The van der Waals surface area contributed by atoms with Crippen molar-refractivity contribution in [1.29, 1.82) is 0 Å². The topological polar surface area (TPSA) is 18.5 Å². The number of unbranched alkanes of at least 4 members (excludes halogenated alkanes) is 1. The van der Waals surface area contributed by atoms with E-state index in [1.807, 2.05) is 0 Å². The van der Waals surface area contributed by atoms with Crippen LogP contribution in [0.5, 0.6) is 11.5 Å². The van der Waals surface area contributed by atoms with Gasteiger partial charge in [-0.25, -0.2) is 4.39 Å². The summed E-state index contributed by atoms with van der Waals surface area (Å²) in [5.74, 6) is -21.7. The standard InChI is InChI=1S/C24H21F11O2/c1-2-3-13-37-18-11-10-17(19(25)20(18)26)15-6-8-16(9-7-15)36-14-5-4-12-21(27,28)22(29,30)23(31,32)24(33,34)35/h2,6-11H,1,3-5,12-14H2. The molecule has 0 amide bonds. The van der Waals surface area contributed by atoms with E-state index in [1.54, 1.807) is 6.08 Å². The summed E-state index contributed by atoms with van der Waals surface area (Å²) in [4.78, 5) is 0. The van der Waals surface area contributed by atoms with Crippen molar-refractivity contribution >= 4 is 0 Å². The highest BCUT2D eigenvalue weighted by Crippen LogP contribution is 2.54. The van der Waals surface area contributed by atoms with Gasteiger partial charge in [-0.3, -0.25) is 0 Å². The van der Waals surface area contributed by atoms with Crippen LogP contribution in [0.1, 0.15) is 25.7 Å². The highest BCUT2D eigenvalue weighted by atomic mass is 19.4. The van der Waals surface area contributed by atoms with Crippen molar-refractivity contribution in [3.63, 3.8) is 0 Å². The first-order valence-electron chi connectivity index (χ1n) is 10.7. The zero-order chi connectivity index (χ0) is 28.1. The van der Waals surface area contributed by atoms with Crippen LogP contribution >= 0.6 is 0 Å². The highest BCUT2D eigenvalue weighted by molar-refractivity contribution is 5.66. The van der Waals surface area contributed by atoms with E-state index in [9.17, 15) is 48.3 Å². The minimum atomic E-state index is -6.91. The molecule has 0 aliphatic rings. The summed E-state index contributed by atoms with van der Waals surface area (Å²) in [6.45, 7) is 3.22. The lowest BCUT2D eigenvalue weighted by Crippen LogP contribution is -2.60. The van der Waals surface area contributed by atoms with Crippen LogP contribution in [0.25, 0.3) is 11.1 Å². The van der Waals surface area contributed by atoms with Gasteiger partial charge in [0.25, 0.3) is 0 Å². The fourth-order valence-electron chi connectivity index (χ4n) is 3.05. The molecule has 0 radical (unpaired) electrons. The van der Waals surface area contributed by atoms with Crippen LogP contribution < -0.4 is 9.47 Å². The van der Waals surface area contributed by atoms with Crippen LogP contribution in [0, 0.1) is 11.6 Å². The molecule has 0 saturated carbocycles. The maximum Gasteiger partial charge on any atom is 0.460 e. The van der Waals surface area contributed by atoms with Gasteiger partial charge in [0.05, 0.1) is 13.2 Å². The van der Waals surface area contributed by atoms with Crippen LogP contribution in [-0.2, 0) is 0 Å². The molecule has 2 aromatic carbocycles. The van der Waals surface area contributed by atoms with Crippen LogP contribution in [0.2, 0.25) is 0 Å². The van der Waals surface area contributed by atoms with Crippen molar-refractivity contribution in [3.8, 4) is 22.6 Å². The number of rotatable bonds is 13. The summed E-state index contributed by atoms with van der Waals surface area (Å²) in [6.07, 6.45) is -8.05. The zero-order valence-electron chi connectivity index (χ0n) is 19.0. The second kappa shape index (κ2) is 11.6. The molecule has 2 rings (SSSR count). The van der Waals surface area contributed by atoms with Gasteiger partial charge in [-0.15, -0.1) is 6.58 Å². The molecule has 206 valence electrons. The minimum Gasteiger partial charge on any atom is -0.494 e. The molecule has 2 nitrogen and oxygen atoms in total. The predicted octanol–water partition coefficient (Wildman–Crippen LogP) is 8.60. The second-order valence-corrected chi connectivity index (χ2v) is 7.85. The van der Waals surface area contributed by atoms with E-state index < -0.39 is 48.4 Å². The van der Waals surface area contributed by atoms with Crippen LogP contribution in [0.4, 0.5) is 48.3 Å². The van der Waals surface area contributed by atoms with Crippen molar-refractivity contribution < 1.29 is 57.8 Å². The molecular weight excluding hydrogens is 529 g/mol. The summed E-state index contributed by atoms with van der Waals surface area (Å²) in [7, 11) is 0. The third kappa shape index (κ3) is 6.67. The van der Waals surface area contributed by atoms with Gasteiger partial charge in [0.1, 0.15) is 5.75 Å². The average Bonchev–Trinajstić information content (AvgIpc) is 2.81. The Hall–Kier alpha value is -2.99. The van der Waals surface area contributed by atoms with E-state index in [4.69, 9.17) is 9.47 Å². The van der Waals surface area contributed by atoms with Gasteiger partial charge < -0.3 is 9.47 Å². The number of benzene rings is 2. The number of hydrogen-bond donors (Lipinski definition) is 0. The Morgan fingerprint density at radius 2 is 1.32 bits per heavy atom. The molecule has 0 saturated heterocycles. The molecular formula is C24H21F11O2. The molecule has 0 heterocycles. The van der Waals surface area contributed by atoms with Crippen molar-refractivity contribution in [2.45, 2.75) is 49.6 Å².